The maximum absolute atomic E-state index is 5.63. The normalized spacial score (nSPS) is 38.7. The quantitative estimate of drug-likeness (QED) is 0.617. The van der Waals surface area contributed by atoms with Crippen LogP contribution in [-0.2, 0) is 4.74 Å². The molecule has 0 amide bonds. The maximum Gasteiger partial charge on any atom is 0.0910 e. The van der Waals surface area contributed by atoms with Gasteiger partial charge in [-0.15, -0.1) is 0 Å². The Labute approximate surface area is 87.5 Å². The van der Waals surface area contributed by atoms with Crippen LogP contribution >= 0.6 is 0 Å². The lowest BCUT2D eigenvalue weighted by atomic mass is 9.75. The number of rotatable bonds is 1. The monoisotopic (exact) mass is 194 g/mol. The second-order valence-corrected chi connectivity index (χ2v) is 5.14. The van der Waals surface area contributed by atoms with Gasteiger partial charge in [-0.2, -0.15) is 0 Å². The number of hydrogen-bond acceptors (Lipinski definition) is 1. The van der Waals surface area contributed by atoms with Gasteiger partial charge in [0.15, 0.2) is 0 Å². The van der Waals surface area contributed by atoms with Crippen molar-refractivity contribution in [1.82, 2.24) is 0 Å². The standard InChI is InChI=1S/C13H22O/c1-10-3-6-12(7-4-10)13-8-5-11(2)14-9-13/h5,10,12-13H,3-4,6-9H2,1-2H3. The molecular formula is C13H22O. The minimum atomic E-state index is 0.811. The van der Waals surface area contributed by atoms with Crippen molar-refractivity contribution in [2.24, 2.45) is 17.8 Å². The highest BCUT2D eigenvalue weighted by molar-refractivity contribution is 4.95. The van der Waals surface area contributed by atoms with Crippen molar-refractivity contribution in [3.8, 4) is 0 Å². The van der Waals surface area contributed by atoms with E-state index in [4.69, 9.17) is 4.74 Å². The highest BCUT2D eigenvalue weighted by Crippen LogP contribution is 2.36. The van der Waals surface area contributed by atoms with Gasteiger partial charge in [0, 0.05) is 0 Å². The van der Waals surface area contributed by atoms with Crippen molar-refractivity contribution in [2.45, 2.75) is 46.0 Å². The Kier molecular flexibility index (Phi) is 3.15. The molecule has 1 fully saturated rings. The topological polar surface area (TPSA) is 9.23 Å². The highest BCUT2D eigenvalue weighted by Gasteiger charge is 2.27. The Morgan fingerprint density at radius 1 is 1.14 bits per heavy atom. The van der Waals surface area contributed by atoms with E-state index in [1.165, 1.54) is 32.1 Å². The summed E-state index contributed by atoms with van der Waals surface area (Å²) in [6.45, 7) is 5.43. The van der Waals surface area contributed by atoms with Gasteiger partial charge in [-0.3, -0.25) is 0 Å². The van der Waals surface area contributed by atoms with Gasteiger partial charge in [-0.1, -0.05) is 19.8 Å². The van der Waals surface area contributed by atoms with Gasteiger partial charge in [0.2, 0.25) is 0 Å². The third-order valence-electron chi connectivity index (χ3n) is 3.96. The van der Waals surface area contributed by atoms with Crippen LogP contribution in [0, 0.1) is 17.8 Å². The van der Waals surface area contributed by atoms with Crippen molar-refractivity contribution in [1.29, 1.82) is 0 Å². The number of hydrogen-bond donors (Lipinski definition) is 0. The van der Waals surface area contributed by atoms with Crippen LogP contribution in [0.4, 0.5) is 0 Å². The van der Waals surface area contributed by atoms with Crippen LogP contribution in [0.5, 0.6) is 0 Å². The lowest BCUT2D eigenvalue weighted by Crippen LogP contribution is -2.26. The van der Waals surface area contributed by atoms with Crippen molar-refractivity contribution in [3.05, 3.63) is 11.8 Å². The van der Waals surface area contributed by atoms with Gasteiger partial charge < -0.3 is 4.74 Å². The Hall–Kier alpha value is -0.460. The summed E-state index contributed by atoms with van der Waals surface area (Å²) < 4.78 is 5.63. The van der Waals surface area contributed by atoms with Gasteiger partial charge >= 0.3 is 0 Å². The van der Waals surface area contributed by atoms with Crippen LogP contribution in [0.25, 0.3) is 0 Å². The fourth-order valence-corrected chi connectivity index (χ4v) is 2.77. The average molecular weight is 194 g/mol. The van der Waals surface area contributed by atoms with Crippen LogP contribution in [-0.4, -0.2) is 6.61 Å². The molecule has 80 valence electrons. The van der Waals surface area contributed by atoms with Crippen LogP contribution in [0.1, 0.15) is 46.0 Å². The molecule has 0 saturated heterocycles. The lowest BCUT2D eigenvalue weighted by molar-refractivity contribution is 0.0912. The van der Waals surface area contributed by atoms with E-state index in [-0.39, 0.29) is 0 Å². The molecule has 0 spiro atoms. The Morgan fingerprint density at radius 2 is 1.86 bits per heavy atom. The lowest BCUT2D eigenvalue weighted by Gasteiger charge is -2.34. The number of allylic oxidation sites excluding steroid dienone is 2. The molecule has 1 heterocycles. The molecule has 1 nitrogen and oxygen atoms in total. The van der Waals surface area contributed by atoms with Gasteiger partial charge in [-0.25, -0.2) is 0 Å². The summed E-state index contributed by atoms with van der Waals surface area (Å²) in [5, 5.41) is 0. The molecule has 0 N–H and O–H groups in total. The molecule has 1 aliphatic heterocycles. The largest absolute Gasteiger partial charge is 0.498 e. The van der Waals surface area contributed by atoms with E-state index in [9.17, 15) is 0 Å². The van der Waals surface area contributed by atoms with Gasteiger partial charge in [0.1, 0.15) is 0 Å². The minimum absolute atomic E-state index is 0.811. The summed E-state index contributed by atoms with van der Waals surface area (Å²) in [4.78, 5) is 0. The van der Waals surface area contributed by atoms with E-state index in [1.54, 1.807) is 0 Å². The van der Waals surface area contributed by atoms with E-state index >= 15 is 0 Å². The second kappa shape index (κ2) is 4.37. The molecule has 0 aromatic carbocycles. The van der Waals surface area contributed by atoms with Crippen LogP contribution in [0.15, 0.2) is 11.8 Å². The van der Waals surface area contributed by atoms with Crippen molar-refractivity contribution in [3.63, 3.8) is 0 Å². The minimum Gasteiger partial charge on any atom is -0.498 e. The molecule has 1 atom stereocenters. The molecule has 1 unspecified atom stereocenters. The third kappa shape index (κ3) is 2.31. The van der Waals surface area contributed by atoms with Crippen molar-refractivity contribution >= 4 is 0 Å². The Bertz CT molecular complexity index is 211. The zero-order valence-corrected chi connectivity index (χ0v) is 9.46. The summed E-state index contributed by atoms with van der Waals surface area (Å²) in [5.74, 6) is 3.85. The van der Waals surface area contributed by atoms with Crippen LogP contribution < -0.4 is 0 Å². The Balaban J connectivity index is 1.84. The van der Waals surface area contributed by atoms with Crippen LogP contribution in [0.2, 0.25) is 0 Å². The molecule has 2 rings (SSSR count). The van der Waals surface area contributed by atoms with E-state index in [0.717, 1.165) is 30.1 Å². The molecular weight excluding hydrogens is 172 g/mol. The second-order valence-electron chi connectivity index (χ2n) is 5.14. The SMILES string of the molecule is CC1=CCC(C2CCC(C)CC2)CO1. The maximum atomic E-state index is 5.63. The molecule has 14 heavy (non-hydrogen) atoms. The summed E-state index contributed by atoms with van der Waals surface area (Å²) in [7, 11) is 0. The van der Waals surface area contributed by atoms with Crippen molar-refractivity contribution < 1.29 is 4.74 Å². The smallest absolute Gasteiger partial charge is 0.0910 e. The van der Waals surface area contributed by atoms with Gasteiger partial charge in [-0.05, 0) is 50.0 Å². The predicted octanol–water partition coefficient (Wildman–Crippen LogP) is 3.75. The molecule has 2 aliphatic rings. The third-order valence-corrected chi connectivity index (χ3v) is 3.96. The Morgan fingerprint density at radius 3 is 2.43 bits per heavy atom. The first kappa shape index (κ1) is 10.1. The average Bonchev–Trinajstić information content (AvgIpc) is 2.21. The summed E-state index contributed by atoms with van der Waals surface area (Å²) in [6, 6.07) is 0. The molecule has 0 aromatic heterocycles. The first-order chi connectivity index (χ1) is 6.75. The summed E-state index contributed by atoms with van der Waals surface area (Å²) >= 11 is 0. The fourth-order valence-electron chi connectivity index (χ4n) is 2.77. The fraction of sp³-hybridized carbons (Fsp3) is 0.846. The number of ether oxygens (including phenoxy) is 1. The first-order valence-corrected chi connectivity index (χ1v) is 6.05. The zero-order valence-electron chi connectivity index (χ0n) is 9.46. The summed E-state index contributed by atoms with van der Waals surface area (Å²) in [6.07, 6.45) is 9.26. The molecule has 0 radical (unpaired) electrons. The van der Waals surface area contributed by atoms with Gasteiger partial charge in [0.05, 0.1) is 12.4 Å². The molecule has 1 aliphatic carbocycles. The zero-order chi connectivity index (χ0) is 9.97. The van der Waals surface area contributed by atoms with Gasteiger partial charge in [0.25, 0.3) is 0 Å². The molecule has 1 saturated carbocycles. The highest BCUT2D eigenvalue weighted by atomic mass is 16.5. The van der Waals surface area contributed by atoms with Crippen LogP contribution in [0.3, 0.4) is 0 Å². The summed E-state index contributed by atoms with van der Waals surface area (Å²) in [5.41, 5.74) is 0. The first-order valence-electron chi connectivity index (χ1n) is 6.05. The van der Waals surface area contributed by atoms with E-state index in [2.05, 4.69) is 19.9 Å². The van der Waals surface area contributed by atoms with E-state index in [0.29, 0.717) is 0 Å². The molecule has 1 heteroatoms. The molecule has 0 bridgehead atoms. The van der Waals surface area contributed by atoms with E-state index in [1.807, 2.05) is 0 Å². The molecule has 0 aromatic rings. The predicted molar refractivity (Wildman–Crippen MR) is 58.9 cm³/mol. The van der Waals surface area contributed by atoms with Crippen molar-refractivity contribution in [2.75, 3.05) is 6.61 Å². The van der Waals surface area contributed by atoms with E-state index < -0.39 is 0 Å².